The van der Waals surface area contributed by atoms with Gasteiger partial charge in [-0.3, -0.25) is 4.99 Å². The zero-order chi connectivity index (χ0) is 27.6. The second-order valence-electron chi connectivity index (χ2n) is 11.1. The quantitative estimate of drug-likeness (QED) is 0.198. The van der Waals surface area contributed by atoms with Crippen molar-refractivity contribution in [3.8, 4) is 5.69 Å². The molecule has 0 bridgehead atoms. The van der Waals surface area contributed by atoms with Crippen LogP contribution >= 0.6 is 11.3 Å². The minimum atomic E-state index is 0.387. The first kappa shape index (κ1) is 23.7. The number of furan rings is 1. The van der Waals surface area contributed by atoms with Gasteiger partial charge in [0.05, 0.1) is 22.3 Å². The molecule has 3 nitrogen and oxygen atoms in total. The Morgan fingerprint density at radius 1 is 0.762 bits per heavy atom. The van der Waals surface area contributed by atoms with E-state index in [4.69, 9.17) is 9.41 Å². The summed E-state index contributed by atoms with van der Waals surface area (Å²) in [5, 5.41) is 7.44. The molecule has 0 saturated heterocycles. The van der Waals surface area contributed by atoms with Crippen LogP contribution < -0.4 is 0 Å². The maximum Gasteiger partial charge on any atom is 0.137 e. The summed E-state index contributed by atoms with van der Waals surface area (Å²) in [4.78, 5) is 4.72. The van der Waals surface area contributed by atoms with E-state index < -0.39 is 0 Å². The topological polar surface area (TPSA) is 30.4 Å². The average molecular weight is 559 g/mol. The van der Waals surface area contributed by atoms with Gasteiger partial charge in [0.15, 0.2) is 0 Å². The first-order valence-electron chi connectivity index (χ1n) is 14.4. The normalized spacial score (nSPS) is 15.6. The Labute approximate surface area is 246 Å². The molecule has 0 amide bonds. The summed E-state index contributed by atoms with van der Waals surface area (Å²) >= 11 is 1.88. The van der Waals surface area contributed by atoms with E-state index in [0.717, 1.165) is 39.6 Å². The highest BCUT2D eigenvalue weighted by Gasteiger charge is 2.18. The second kappa shape index (κ2) is 9.30. The van der Waals surface area contributed by atoms with Crippen molar-refractivity contribution in [2.75, 3.05) is 0 Å². The third-order valence-electron chi connectivity index (χ3n) is 8.54. The third kappa shape index (κ3) is 3.62. The minimum absolute atomic E-state index is 0.387. The van der Waals surface area contributed by atoms with Crippen molar-refractivity contribution in [1.29, 1.82) is 0 Å². The molecule has 8 aromatic rings. The first-order chi connectivity index (χ1) is 20.8. The van der Waals surface area contributed by atoms with Gasteiger partial charge in [0, 0.05) is 60.9 Å². The van der Waals surface area contributed by atoms with Gasteiger partial charge in [-0.1, -0.05) is 85.0 Å². The van der Waals surface area contributed by atoms with Crippen molar-refractivity contribution in [3.63, 3.8) is 0 Å². The number of para-hydroxylation sites is 1. The van der Waals surface area contributed by atoms with Gasteiger partial charge in [0.1, 0.15) is 11.2 Å². The smallest absolute Gasteiger partial charge is 0.137 e. The van der Waals surface area contributed by atoms with E-state index >= 15 is 0 Å². The molecule has 5 aromatic carbocycles. The maximum atomic E-state index is 6.50. The van der Waals surface area contributed by atoms with Gasteiger partial charge in [-0.25, -0.2) is 0 Å². The summed E-state index contributed by atoms with van der Waals surface area (Å²) in [6.07, 6.45) is 11.7. The summed E-state index contributed by atoms with van der Waals surface area (Å²) in [6, 6.07) is 35.2. The Morgan fingerprint density at radius 2 is 1.55 bits per heavy atom. The van der Waals surface area contributed by atoms with Crippen LogP contribution in [0.1, 0.15) is 12.0 Å². The van der Waals surface area contributed by atoms with E-state index in [1.807, 2.05) is 11.3 Å². The Hall–Kier alpha value is -4.93. The molecule has 0 aliphatic heterocycles. The molecule has 0 spiro atoms. The number of aliphatic imine (C=N–C) groups is 1. The lowest BCUT2D eigenvalue weighted by atomic mass is 10.0. The Kier molecular flexibility index (Phi) is 5.26. The molecular formula is C38H26N2OS. The van der Waals surface area contributed by atoms with Crippen LogP contribution in [0, 0.1) is 5.92 Å². The van der Waals surface area contributed by atoms with Crippen LogP contribution in [0.5, 0.6) is 0 Å². The van der Waals surface area contributed by atoms with Crippen LogP contribution in [0.4, 0.5) is 0 Å². The van der Waals surface area contributed by atoms with Gasteiger partial charge in [0.2, 0.25) is 0 Å². The van der Waals surface area contributed by atoms with Gasteiger partial charge < -0.3 is 8.98 Å². The van der Waals surface area contributed by atoms with E-state index in [1.54, 1.807) is 0 Å². The van der Waals surface area contributed by atoms with Crippen LogP contribution in [0.15, 0.2) is 131 Å². The zero-order valence-electron chi connectivity index (χ0n) is 22.8. The van der Waals surface area contributed by atoms with E-state index in [2.05, 4.69) is 132 Å². The van der Waals surface area contributed by atoms with E-state index in [9.17, 15) is 0 Å². The number of fused-ring (bicyclic) bond motifs is 10. The molecule has 9 rings (SSSR count). The van der Waals surface area contributed by atoms with Gasteiger partial charge in [-0.2, -0.15) is 0 Å². The molecular weight excluding hydrogens is 532 g/mol. The minimum Gasteiger partial charge on any atom is -0.456 e. The summed E-state index contributed by atoms with van der Waals surface area (Å²) in [5.41, 5.74) is 6.53. The van der Waals surface area contributed by atoms with Crippen molar-refractivity contribution in [1.82, 2.24) is 4.57 Å². The fraction of sp³-hybridized carbons (Fsp3) is 0.0789. The predicted octanol–water partition coefficient (Wildman–Crippen LogP) is 10.8. The number of hydrogen-bond donors (Lipinski definition) is 0. The molecule has 1 unspecified atom stereocenters. The molecule has 1 aliphatic rings. The average Bonchev–Trinajstić information content (AvgIpc) is 3.70. The lowest BCUT2D eigenvalue weighted by Gasteiger charge is -2.08. The monoisotopic (exact) mass is 558 g/mol. The van der Waals surface area contributed by atoms with Crippen LogP contribution in [0.25, 0.3) is 69.6 Å². The zero-order valence-corrected chi connectivity index (χ0v) is 23.6. The number of aromatic nitrogens is 1. The summed E-state index contributed by atoms with van der Waals surface area (Å²) in [6.45, 7) is 0.652. The maximum absolute atomic E-state index is 6.50. The van der Waals surface area contributed by atoms with E-state index in [1.165, 1.54) is 42.0 Å². The molecule has 1 aliphatic carbocycles. The molecule has 0 fully saturated rings. The summed E-state index contributed by atoms with van der Waals surface area (Å²) in [5.74, 6) is 0.387. The third-order valence-corrected chi connectivity index (χ3v) is 9.74. The van der Waals surface area contributed by atoms with Gasteiger partial charge in [-0.15, -0.1) is 11.3 Å². The van der Waals surface area contributed by atoms with Crippen molar-refractivity contribution in [2.45, 2.75) is 13.0 Å². The molecule has 200 valence electrons. The molecule has 1 atom stereocenters. The Balaban J connectivity index is 1.19. The number of rotatable bonds is 4. The molecule has 42 heavy (non-hydrogen) atoms. The van der Waals surface area contributed by atoms with Crippen LogP contribution in [-0.2, 0) is 6.54 Å². The molecule has 4 heteroatoms. The van der Waals surface area contributed by atoms with Crippen molar-refractivity contribution in [3.05, 3.63) is 127 Å². The van der Waals surface area contributed by atoms with Gasteiger partial charge in [-0.05, 0) is 42.3 Å². The summed E-state index contributed by atoms with van der Waals surface area (Å²) in [7, 11) is 0. The number of benzene rings is 5. The van der Waals surface area contributed by atoms with Crippen LogP contribution in [0.2, 0.25) is 0 Å². The Morgan fingerprint density at radius 3 is 2.45 bits per heavy atom. The fourth-order valence-electron chi connectivity index (χ4n) is 6.55. The molecule has 0 saturated carbocycles. The Bertz CT molecular complexity index is 2430. The number of hydrogen-bond acceptors (Lipinski definition) is 3. The number of nitrogens with zero attached hydrogens (tertiary/aromatic N) is 2. The molecule has 3 heterocycles. The van der Waals surface area contributed by atoms with Crippen molar-refractivity contribution >= 4 is 81.5 Å². The predicted molar refractivity (Wildman–Crippen MR) is 180 cm³/mol. The first-order valence-corrected chi connectivity index (χ1v) is 15.3. The number of thiophene rings is 1. The highest BCUT2D eigenvalue weighted by atomic mass is 32.1. The van der Waals surface area contributed by atoms with Crippen molar-refractivity contribution < 1.29 is 4.42 Å². The van der Waals surface area contributed by atoms with Crippen molar-refractivity contribution in [2.24, 2.45) is 10.9 Å². The van der Waals surface area contributed by atoms with E-state index in [0.29, 0.717) is 12.5 Å². The molecule has 0 radical (unpaired) electrons. The van der Waals surface area contributed by atoms with Gasteiger partial charge in [0.25, 0.3) is 0 Å². The highest BCUT2D eigenvalue weighted by molar-refractivity contribution is 7.26. The lowest BCUT2D eigenvalue weighted by molar-refractivity contribution is 0.668. The van der Waals surface area contributed by atoms with Gasteiger partial charge >= 0.3 is 0 Å². The largest absolute Gasteiger partial charge is 0.456 e. The highest BCUT2D eigenvalue weighted by Crippen LogP contribution is 2.43. The standard InChI is InChI=1S/C38H26N2OS/c1-2-8-24(9-3-1)22-39-23-25-14-16-28-29-17-15-26(21-35(29)41-34(28)20-25)40-33-12-6-4-10-27(33)31-18-19-32-30-11-5-7-13-36(30)42-38(32)37(31)40/h1-8,10-22,24H,9,23H2/b39-22+. The number of allylic oxidation sites excluding steroid dienone is 4. The second-order valence-corrected chi connectivity index (χ2v) is 12.2. The fourth-order valence-corrected chi connectivity index (χ4v) is 7.79. The summed E-state index contributed by atoms with van der Waals surface area (Å²) < 4.78 is 11.6. The lowest BCUT2D eigenvalue weighted by Crippen LogP contribution is -1.98. The van der Waals surface area contributed by atoms with Crippen LogP contribution in [-0.4, -0.2) is 10.8 Å². The van der Waals surface area contributed by atoms with E-state index in [-0.39, 0.29) is 0 Å². The SMILES string of the molecule is C1=CCC(/C=N/Cc2ccc3c(c2)oc2cc(-n4c5ccccc5c5ccc6c7ccccc7sc6c54)ccc23)C=C1. The van der Waals surface area contributed by atoms with Crippen LogP contribution in [0.3, 0.4) is 0 Å². The molecule has 3 aromatic heterocycles. The molecule has 0 N–H and O–H groups in total.